The fourth-order valence-electron chi connectivity index (χ4n) is 0.277. The number of ether oxygens (including phenoxy) is 2. The summed E-state index contributed by atoms with van der Waals surface area (Å²) in [6.07, 6.45) is 1.14. The van der Waals surface area contributed by atoms with E-state index >= 15 is 0 Å². The van der Waals surface area contributed by atoms with Gasteiger partial charge in [-0.3, -0.25) is 4.79 Å². The van der Waals surface area contributed by atoms with Gasteiger partial charge in [0.2, 0.25) is 0 Å². The highest BCUT2D eigenvalue weighted by molar-refractivity contribution is 5.88. The van der Waals surface area contributed by atoms with Gasteiger partial charge >= 0.3 is 0 Å². The van der Waals surface area contributed by atoms with Crippen LogP contribution in [0, 0.1) is 13.3 Å². The number of carbonyl (C=O) groups is 2. The fraction of sp³-hybridized carbons (Fsp3) is 0.333. The minimum absolute atomic E-state index is 0.0999. The SMILES string of the molecule is [CH2-][CH+]C(=O)COCOC=O. The number of hydrogen-bond donors (Lipinski definition) is 0. The summed E-state index contributed by atoms with van der Waals surface area (Å²) in [7, 11) is 0. The summed E-state index contributed by atoms with van der Waals surface area (Å²) < 4.78 is 8.69. The Hall–Kier alpha value is -1.03. The Morgan fingerprint density at radius 1 is 1.70 bits per heavy atom. The van der Waals surface area contributed by atoms with Crippen molar-refractivity contribution in [3.63, 3.8) is 0 Å². The van der Waals surface area contributed by atoms with Gasteiger partial charge in [-0.15, -0.1) is 6.92 Å². The molecule has 0 saturated carbocycles. The van der Waals surface area contributed by atoms with E-state index in [0.29, 0.717) is 0 Å². The first-order valence-electron chi connectivity index (χ1n) is 2.59. The lowest BCUT2D eigenvalue weighted by Crippen LogP contribution is -2.09. The molecule has 0 aromatic rings. The molecule has 0 heterocycles. The summed E-state index contributed by atoms with van der Waals surface area (Å²) in [5.41, 5.74) is 0. The molecule has 0 N–H and O–H groups in total. The molecule has 0 aromatic heterocycles. The Labute approximate surface area is 59.1 Å². The quantitative estimate of drug-likeness (QED) is 0.223. The number of carbonyl (C=O) groups excluding carboxylic acids is 2. The van der Waals surface area contributed by atoms with Crippen LogP contribution < -0.4 is 0 Å². The number of ketones is 1. The standard InChI is InChI=1S/C6H8O4/c1-2-6(8)3-9-5-10-4-7/h2,4H,1,3,5H2. The lowest BCUT2D eigenvalue weighted by atomic mass is 10.3. The van der Waals surface area contributed by atoms with Gasteiger partial charge < -0.3 is 9.47 Å². The molecule has 4 nitrogen and oxygen atoms in total. The van der Waals surface area contributed by atoms with Gasteiger partial charge in [0.1, 0.15) is 0 Å². The van der Waals surface area contributed by atoms with Crippen molar-refractivity contribution < 1.29 is 19.1 Å². The zero-order valence-electron chi connectivity index (χ0n) is 5.41. The smallest absolute Gasteiger partial charge is 0.298 e. The number of Topliss-reactive ketones (excluding diaryl/α,β-unsaturated/α-hetero) is 1. The molecule has 56 valence electrons. The van der Waals surface area contributed by atoms with E-state index < -0.39 is 0 Å². The van der Waals surface area contributed by atoms with E-state index in [-0.39, 0.29) is 25.7 Å². The second-order valence-corrected chi connectivity index (χ2v) is 1.40. The van der Waals surface area contributed by atoms with Crippen LogP contribution in [0.2, 0.25) is 0 Å². The van der Waals surface area contributed by atoms with Gasteiger partial charge in [0.05, 0.1) is 0 Å². The molecular weight excluding hydrogens is 136 g/mol. The van der Waals surface area contributed by atoms with Crippen molar-refractivity contribution in [3.05, 3.63) is 13.3 Å². The summed E-state index contributed by atoms with van der Waals surface area (Å²) in [4.78, 5) is 19.9. The van der Waals surface area contributed by atoms with Crippen molar-refractivity contribution >= 4 is 12.3 Å². The van der Waals surface area contributed by atoms with Gasteiger partial charge in [0.25, 0.3) is 12.3 Å². The molecule has 0 aromatic carbocycles. The van der Waals surface area contributed by atoms with Gasteiger partial charge in [0, 0.05) is 0 Å². The van der Waals surface area contributed by atoms with E-state index in [4.69, 9.17) is 0 Å². The summed E-state index contributed by atoms with van der Waals surface area (Å²) in [5.74, 6) is -0.241. The van der Waals surface area contributed by atoms with Crippen LogP contribution in [0.4, 0.5) is 0 Å². The van der Waals surface area contributed by atoms with Crippen molar-refractivity contribution in [1.29, 1.82) is 0 Å². The van der Waals surface area contributed by atoms with Gasteiger partial charge in [-0.2, -0.15) is 0 Å². The number of hydrogen-bond acceptors (Lipinski definition) is 4. The monoisotopic (exact) mass is 144 g/mol. The molecule has 0 spiro atoms. The minimum Gasteiger partial charge on any atom is -0.441 e. The Kier molecular flexibility index (Phi) is 5.47. The molecule has 0 fully saturated rings. The van der Waals surface area contributed by atoms with E-state index in [0.717, 1.165) is 6.42 Å². The highest BCUT2D eigenvalue weighted by Crippen LogP contribution is 1.80. The first-order valence-corrected chi connectivity index (χ1v) is 2.59. The lowest BCUT2D eigenvalue weighted by molar-refractivity contribution is -0.144. The Balaban J connectivity index is 3.03. The molecule has 10 heavy (non-hydrogen) atoms. The van der Waals surface area contributed by atoms with Gasteiger partial charge in [-0.1, -0.05) is 0 Å². The van der Waals surface area contributed by atoms with E-state index in [2.05, 4.69) is 16.4 Å². The highest BCUT2D eigenvalue weighted by Gasteiger charge is 2.01. The normalized spacial score (nSPS) is 8.50. The van der Waals surface area contributed by atoms with Gasteiger partial charge in [0.15, 0.2) is 13.4 Å². The van der Waals surface area contributed by atoms with Gasteiger partial charge in [-0.05, 0) is 6.42 Å². The molecular formula is C6H8O4. The van der Waals surface area contributed by atoms with Crippen LogP contribution in [0.5, 0.6) is 0 Å². The van der Waals surface area contributed by atoms with Crippen LogP contribution in [-0.2, 0) is 19.1 Å². The average Bonchev–Trinajstić information content (AvgIpc) is 1.98. The minimum atomic E-state index is -0.241. The van der Waals surface area contributed by atoms with E-state index in [1.807, 2.05) is 0 Å². The average molecular weight is 144 g/mol. The van der Waals surface area contributed by atoms with Crippen molar-refractivity contribution in [2.24, 2.45) is 0 Å². The maximum absolute atomic E-state index is 10.4. The molecule has 4 heteroatoms. The van der Waals surface area contributed by atoms with Crippen LogP contribution in [-0.4, -0.2) is 25.7 Å². The zero-order chi connectivity index (χ0) is 7.82. The topological polar surface area (TPSA) is 52.6 Å². The first-order chi connectivity index (χ1) is 4.81. The molecule has 0 saturated heterocycles. The Morgan fingerprint density at radius 3 is 2.90 bits per heavy atom. The fourth-order valence-corrected chi connectivity index (χ4v) is 0.277. The molecule has 0 bridgehead atoms. The van der Waals surface area contributed by atoms with Crippen LogP contribution >= 0.6 is 0 Å². The second kappa shape index (κ2) is 6.10. The Bertz CT molecular complexity index is 110. The van der Waals surface area contributed by atoms with E-state index in [1.165, 1.54) is 0 Å². The lowest BCUT2D eigenvalue weighted by Gasteiger charge is -1.96. The van der Waals surface area contributed by atoms with E-state index in [1.54, 1.807) is 0 Å². The molecule has 0 aliphatic rings. The third-order valence-corrected chi connectivity index (χ3v) is 0.691. The van der Waals surface area contributed by atoms with Crippen LogP contribution in [0.1, 0.15) is 0 Å². The summed E-state index contributed by atoms with van der Waals surface area (Å²) in [6, 6.07) is 0. The molecule has 0 amide bonds. The zero-order valence-corrected chi connectivity index (χ0v) is 5.41. The highest BCUT2D eigenvalue weighted by atomic mass is 16.7. The summed E-state index contributed by atoms with van der Waals surface area (Å²) >= 11 is 0. The molecule has 0 rings (SSSR count). The van der Waals surface area contributed by atoms with Gasteiger partial charge in [-0.25, -0.2) is 4.79 Å². The van der Waals surface area contributed by atoms with Crippen molar-refractivity contribution in [2.75, 3.05) is 13.4 Å². The van der Waals surface area contributed by atoms with Crippen LogP contribution in [0.25, 0.3) is 0 Å². The van der Waals surface area contributed by atoms with Crippen molar-refractivity contribution in [3.8, 4) is 0 Å². The maximum atomic E-state index is 10.4. The molecule has 0 aliphatic carbocycles. The molecule has 0 radical (unpaired) electrons. The largest absolute Gasteiger partial charge is 0.441 e. The second-order valence-electron chi connectivity index (χ2n) is 1.40. The summed E-state index contributed by atoms with van der Waals surface area (Å²) in [6.45, 7) is 3.18. The molecule has 0 aliphatic heterocycles. The third-order valence-electron chi connectivity index (χ3n) is 0.691. The maximum Gasteiger partial charge on any atom is 0.298 e. The predicted octanol–water partition coefficient (Wildman–Crippen LogP) is -0.259. The third kappa shape index (κ3) is 5.11. The van der Waals surface area contributed by atoms with Crippen molar-refractivity contribution in [1.82, 2.24) is 0 Å². The molecule has 0 unspecified atom stereocenters. The van der Waals surface area contributed by atoms with Crippen LogP contribution in [0.15, 0.2) is 0 Å². The predicted molar refractivity (Wildman–Crippen MR) is 32.6 cm³/mol. The molecule has 0 atom stereocenters. The number of rotatable bonds is 6. The first kappa shape index (κ1) is 8.97. The van der Waals surface area contributed by atoms with E-state index in [9.17, 15) is 9.59 Å². The summed E-state index contributed by atoms with van der Waals surface area (Å²) in [5, 5.41) is 0. The Morgan fingerprint density at radius 2 is 2.40 bits per heavy atom. The van der Waals surface area contributed by atoms with Crippen LogP contribution in [0.3, 0.4) is 0 Å². The van der Waals surface area contributed by atoms with Crippen molar-refractivity contribution in [2.45, 2.75) is 0 Å².